The molecule has 1 N–H and O–H groups in total. The molecule has 0 bridgehead atoms. The molecule has 0 spiro atoms. The van der Waals surface area contributed by atoms with Gasteiger partial charge in [0.25, 0.3) is 0 Å². The van der Waals surface area contributed by atoms with E-state index in [9.17, 15) is 0 Å². The first-order valence-corrected chi connectivity index (χ1v) is 6.59. The summed E-state index contributed by atoms with van der Waals surface area (Å²) in [6.07, 6.45) is 4.04. The van der Waals surface area contributed by atoms with E-state index in [-0.39, 0.29) is 0 Å². The van der Waals surface area contributed by atoms with Crippen molar-refractivity contribution >= 4 is 11.6 Å². The Morgan fingerprint density at radius 3 is 2.69 bits per heavy atom. The molecule has 88 valence electrons. The van der Waals surface area contributed by atoms with Gasteiger partial charge < -0.3 is 5.32 Å². The van der Waals surface area contributed by atoms with Crippen molar-refractivity contribution in [1.29, 1.82) is 0 Å². The Morgan fingerprint density at radius 1 is 1.44 bits per heavy atom. The number of rotatable bonds is 4. The first-order valence-electron chi connectivity index (χ1n) is 6.21. The van der Waals surface area contributed by atoms with E-state index in [0.29, 0.717) is 6.04 Å². The molecule has 1 fully saturated rings. The summed E-state index contributed by atoms with van der Waals surface area (Å²) in [6.45, 7) is 5.25. The maximum Gasteiger partial charge on any atom is 0.0456 e. The predicted octanol–water partition coefficient (Wildman–Crippen LogP) is 4.10. The van der Waals surface area contributed by atoms with Crippen LogP contribution in [0.3, 0.4) is 0 Å². The Hall–Kier alpha value is -0.530. The molecule has 1 saturated carbocycles. The zero-order chi connectivity index (χ0) is 11.5. The largest absolute Gasteiger partial charge is 0.310 e. The van der Waals surface area contributed by atoms with Gasteiger partial charge in [-0.2, -0.15) is 0 Å². The zero-order valence-electron chi connectivity index (χ0n) is 10.1. The standard InChI is InChI=1S/C14H20ClN/c1-3-16-14(11-5-4-6-11)12-8-7-10(2)9-13(12)15/h7-9,11,14,16H,3-6H2,1-2H3. The van der Waals surface area contributed by atoms with Gasteiger partial charge in [0, 0.05) is 11.1 Å². The second kappa shape index (κ2) is 5.20. The summed E-state index contributed by atoms with van der Waals surface area (Å²) in [5.74, 6) is 0.778. The lowest BCUT2D eigenvalue weighted by Gasteiger charge is -2.35. The molecule has 1 unspecified atom stereocenters. The van der Waals surface area contributed by atoms with E-state index in [2.05, 4.69) is 37.4 Å². The fourth-order valence-electron chi connectivity index (χ4n) is 2.41. The van der Waals surface area contributed by atoms with Gasteiger partial charge in [-0.1, -0.05) is 37.1 Å². The van der Waals surface area contributed by atoms with Crippen LogP contribution in [0.2, 0.25) is 5.02 Å². The van der Waals surface area contributed by atoms with Crippen molar-refractivity contribution in [3.05, 3.63) is 34.3 Å². The molecule has 2 heteroatoms. The van der Waals surface area contributed by atoms with Crippen molar-refractivity contribution in [1.82, 2.24) is 5.32 Å². The van der Waals surface area contributed by atoms with Crippen LogP contribution in [-0.4, -0.2) is 6.54 Å². The SMILES string of the molecule is CCNC(c1ccc(C)cc1Cl)C1CCC1. The molecule has 0 saturated heterocycles. The van der Waals surface area contributed by atoms with Crippen LogP contribution in [-0.2, 0) is 0 Å². The number of halogens is 1. The molecule has 16 heavy (non-hydrogen) atoms. The summed E-state index contributed by atoms with van der Waals surface area (Å²) in [6, 6.07) is 6.86. The Balaban J connectivity index is 2.23. The van der Waals surface area contributed by atoms with Crippen LogP contribution in [0.1, 0.15) is 43.4 Å². The van der Waals surface area contributed by atoms with Gasteiger partial charge in [0.2, 0.25) is 0 Å². The Kier molecular flexibility index (Phi) is 3.88. The highest BCUT2D eigenvalue weighted by Gasteiger charge is 2.28. The average Bonchev–Trinajstić information content (AvgIpc) is 2.14. The van der Waals surface area contributed by atoms with Crippen molar-refractivity contribution in [3.63, 3.8) is 0 Å². The van der Waals surface area contributed by atoms with Crippen LogP contribution < -0.4 is 5.32 Å². The molecule has 0 radical (unpaired) electrons. The molecule has 1 aromatic carbocycles. The van der Waals surface area contributed by atoms with Crippen molar-refractivity contribution < 1.29 is 0 Å². The molecule has 0 aromatic heterocycles. The van der Waals surface area contributed by atoms with Crippen molar-refractivity contribution in [2.45, 2.75) is 39.2 Å². The highest BCUT2D eigenvalue weighted by atomic mass is 35.5. The van der Waals surface area contributed by atoms with Crippen LogP contribution >= 0.6 is 11.6 Å². The molecule has 2 rings (SSSR count). The number of benzene rings is 1. The lowest BCUT2D eigenvalue weighted by molar-refractivity contribution is 0.233. The van der Waals surface area contributed by atoms with E-state index < -0.39 is 0 Å². The van der Waals surface area contributed by atoms with E-state index >= 15 is 0 Å². The second-order valence-corrected chi connectivity index (χ2v) is 5.16. The van der Waals surface area contributed by atoms with Crippen LogP contribution in [0, 0.1) is 12.8 Å². The van der Waals surface area contributed by atoms with Crippen LogP contribution in [0.25, 0.3) is 0 Å². The maximum absolute atomic E-state index is 6.35. The third kappa shape index (κ3) is 2.41. The lowest BCUT2D eigenvalue weighted by atomic mass is 9.77. The molecule has 1 nitrogen and oxygen atoms in total. The summed E-state index contributed by atoms with van der Waals surface area (Å²) in [4.78, 5) is 0. The summed E-state index contributed by atoms with van der Waals surface area (Å²) in [7, 11) is 0. The summed E-state index contributed by atoms with van der Waals surface area (Å²) < 4.78 is 0. The smallest absolute Gasteiger partial charge is 0.0456 e. The molecule has 0 amide bonds. The van der Waals surface area contributed by atoms with Gasteiger partial charge in [-0.15, -0.1) is 0 Å². The maximum atomic E-state index is 6.35. The minimum atomic E-state index is 0.451. The topological polar surface area (TPSA) is 12.0 Å². The van der Waals surface area contributed by atoms with E-state index in [1.807, 2.05) is 0 Å². The first-order chi connectivity index (χ1) is 7.72. The minimum absolute atomic E-state index is 0.451. The fourth-order valence-corrected chi connectivity index (χ4v) is 2.76. The monoisotopic (exact) mass is 237 g/mol. The van der Waals surface area contributed by atoms with Crippen molar-refractivity contribution in [2.24, 2.45) is 5.92 Å². The number of hydrogen-bond acceptors (Lipinski definition) is 1. The van der Waals surface area contributed by atoms with E-state index in [4.69, 9.17) is 11.6 Å². The molecule has 0 aliphatic heterocycles. The lowest BCUT2D eigenvalue weighted by Crippen LogP contribution is -2.32. The van der Waals surface area contributed by atoms with Gasteiger partial charge in [-0.25, -0.2) is 0 Å². The number of hydrogen-bond donors (Lipinski definition) is 1. The highest BCUT2D eigenvalue weighted by molar-refractivity contribution is 6.31. The van der Waals surface area contributed by atoms with Gasteiger partial charge in [0.15, 0.2) is 0 Å². The molecule has 1 atom stereocenters. The Labute approximate surface area is 103 Å². The van der Waals surface area contributed by atoms with E-state index in [0.717, 1.165) is 17.5 Å². The second-order valence-electron chi connectivity index (χ2n) is 4.75. The van der Waals surface area contributed by atoms with Crippen LogP contribution in [0.4, 0.5) is 0 Å². The molecule has 1 aromatic rings. The van der Waals surface area contributed by atoms with Gasteiger partial charge >= 0.3 is 0 Å². The van der Waals surface area contributed by atoms with Crippen LogP contribution in [0.5, 0.6) is 0 Å². The predicted molar refractivity (Wildman–Crippen MR) is 69.9 cm³/mol. The third-order valence-electron chi connectivity index (χ3n) is 3.54. The molecule has 1 aliphatic rings. The quantitative estimate of drug-likeness (QED) is 0.832. The minimum Gasteiger partial charge on any atom is -0.310 e. The molecular formula is C14H20ClN. The fraction of sp³-hybridized carbons (Fsp3) is 0.571. The molecule has 0 heterocycles. The normalized spacial score (nSPS) is 18.2. The molecule has 1 aliphatic carbocycles. The third-order valence-corrected chi connectivity index (χ3v) is 3.86. The van der Waals surface area contributed by atoms with E-state index in [1.54, 1.807) is 0 Å². The van der Waals surface area contributed by atoms with Gasteiger partial charge in [0.05, 0.1) is 0 Å². The average molecular weight is 238 g/mol. The van der Waals surface area contributed by atoms with Gasteiger partial charge in [-0.05, 0) is 49.4 Å². The van der Waals surface area contributed by atoms with Crippen molar-refractivity contribution in [2.75, 3.05) is 6.54 Å². The van der Waals surface area contributed by atoms with Gasteiger partial charge in [0.1, 0.15) is 0 Å². The summed E-state index contributed by atoms with van der Waals surface area (Å²) >= 11 is 6.35. The Morgan fingerprint density at radius 2 is 2.19 bits per heavy atom. The van der Waals surface area contributed by atoms with E-state index in [1.165, 1.54) is 30.4 Å². The molecular weight excluding hydrogens is 218 g/mol. The highest BCUT2D eigenvalue weighted by Crippen LogP contribution is 2.39. The van der Waals surface area contributed by atoms with Gasteiger partial charge in [-0.3, -0.25) is 0 Å². The summed E-state index contributed by atoms with van der Waals surface area (Å²) in [5, 5.41) is 4.49. The first kappa shape index (κ1) is 11.9. The zero-order valence-corrected chi connectivity index (χ0v) is 10.8. The van der Waals surface area contributed by atoms with Crippen molar-refractivity contribution in [3.8, 4) is 0 Å². The summed E-state index contributed by atoms with van der Waals surface area (Å²) in [5.41, 5.74) is 2.51. The Bertz CT molecular complexity index is 358. The van der Waals surface area contributed by atoms with Crippen LogP contribution in [0.15, 0.2) is 18.2 Å². The number of aryl methyl sites for hydroxylation is 1. The number of nitrogens with one attached hydrogen (secondary N) is 1.